The SMILES string of the molecule is CCCCCCSOP(OSCCCCCC)OSCCCCCC. The summed E-state index contributed by atoms with van der Waals surface area (Å²) in [5, 5.41) is 0. The van der Waals surface area contributed by atoms with E-state index in [2.05, 4.69) is 20.8 Å². The van der Waals surface area contributed by atoms with Crippen LogP contribution < -0.4 is 0 Å². The molecule has 152 valence electrons. The zero-order chi connectivity index (χ0) is 18.4. The van der Waals surface area contributed by atoms with Crippen LogP contribution >= 0.6 is 44.7 Å². The fourth-order valence-corrected chi connectivity index (χ4v) is 5.90. The van der Waals surface area contributed by atoms with Gasteiger partial charge in [-0.3, -0.25) is 0 Å². The Morgan fingerprint density at radius 2 is 0.800 bits per heavy atom. The van der Waals surface area contributed by atoms with Crippen molar-refractivity contribution in [1.29, 1.82) is 0 Å². The molecule has 0 atom stereocenters. The monoisotopic (exact) mass is 430 g/mol. The van der Waals surface area contributed by atoms with Crippen molar-refractivity contribution >= 4 is 44.7 Å². The molecule has 0 aromatic heterocycles. The normalized spacial score (nSPS) is 11.5. The third-order valence-corrected chi connectivity index (χ3v) is 7.68. The Balaban J connectivity index is 3.76. The van der Waals surface area contributed by atoms with E-state index >= 15 is 0 Å². The summed E-state index contributed by atoms with van der Waals surface area (Å²) in [7, 11) is -1.25. The van der Waals surface area contributed by atoms with E-state index in [1.54, 1.807) is 0 Å². The van der Waals surface area contributed by atoms with Crippen LogP contribution in [-0.2, 0) is 11.9 Å². The molecule has 3 nitrogen and oxygen atoms in total. The van der Waals surface area contributed by atoms with Crippen molar-refractivity contribution in [2.75, 3.05) is 17.3 Å². The average molecular weight is 431 g/mol. The van der Waals surface area contributed by atoms with Crippen LogP contribution in [-0.4, -0.2) is 17.3 Å². The summed E-state index contributed by atoms with van der Waals surface area (Å²) < 4.78 is 17.3. The van der Waals surface area contributed by atoms with Crippen LogP contribution in [0.1, 0.15) is 97.8 Å². The van der Waals surface area contributed by atoms with Crippen LogP contribution in [0.25, 0.3) is 0 Å². The largest absolute Gasteiger partial charge is 0.369 e. The first-order chi connectivity index (χ1) is 12.3. The van der Waals surface area contributed by atoms with Gasteiger partial charge in [-0.05, 0) is 19.3 Å². The maximum atomic E-state index is 5.77. The molecule has 0 spiro atoms. The molecule has 0 fully saturated rings. The molecule has 0 radical (unpaired) electrons. The third-order valence-electron chi connectivity index (χ3n) is 3.58. The van der Waals surface area contributed by atoms with Gasteiger partial charge >= 0.3 is 8.60 Å². The Labute approximate surface area is 171 Å². The number of hydrogen-bond donors (Lipinski definition) is 0. The Hall–Kier alpha value is 1.36. The molecule has 7 heteroatoms. The molecular formula is C18H39O3PS3. The van der Waals surface area contributed by atoms with E-state index in [1.807, 2.05) is 0 Å². The summed E-state index contributed by atoms with van der Waals surface area (Å²) in [4.78, 5) is 0. The average Bonchev–Trinajstić information content (AvgIpc) is 2.63. The number of hydrogen-bond acceptors (Lipinski definition) is 6. The molecule has 0 aliphatic rings. The molecule has 0 aromatic rings. The Bertz CT molecular complexity index is 214. The minimum atomic E-state index is -1.25. The highest BCUT2D eigenvalue weighted by Gasteiger charge is 2.15. The molecule has 25 heavy (non-hydrogen) atoms. The van der Waals surface area contributed by atoms with Crippen molar-refractivity contribution in [2.45, 2.75) is 97.8 Å². The lowest BCUT2D eigenvalue weighted by Crippen LogP contribution is -1.88. The van der Waals surface area contributed by atoms with E-state index in [0.29, 0.717) is 0 Å². The van der Waals surface area contributed by atoms with Gasteiger partial charge in [0.05, 0.1) is 0 Å². The molecule has 0 heterocycles. The van der Waals surface area contributed by atoms with Gasteiger partial charge in [0.2, 0.25) is 0 Å². The quantitative estimate of drug-likeness (QED) is 0.102. The second-order valence-electron chi connectivity index (χ2n) is 6.10. The fraction of sp³-hybridized carbons (Fsp3) is 1.00. The second kappa shape index (κ2) is 23.4. The predicted molar refractivity (Wildman–Crippen MR) is 120 cm³/mol. The van der Waals surface area contributed by atoms with E-state index < -0.39 is 8.60 Å². The van der Waals surface area contributed by atoms with Gasteiger partial charge in [-0.2, -0.15) is 0 Å². The molecule has 0 aliphatic carbocycles. The first-order valence-corrected chi connectivity index (χ1v) is 13.9. The van der Waals surface area contributed by atoms with Crippen LogP contribution in [0.15, 0.2) is 0 Å². The van der Waals surface area contributed by atoms with Gasteiger partial charge in [-0.25, -0.2) is 11.9 Å². The van der Waals surface area contributed by atoms with Crippen molar-refractivity contribution in [3.63, 3.8) is 0 Å². The number of rotatable bonds is 21. The molecule has 0 aliphatic heterocycles. The molecule has 0 unspecified atom stereocenters. The van der Waals surface area contributed by atoms with Gasteiger partial charge in [0.25, 0.3) is 0 Å². The van der Waals surface area contributed by atoms with E-state index in [1.165, 1.54) is 113 Å². The van der Waals surface area contributed by atoms with Crippen LogP contribution in [0.3, 0.4) is 0 Å². The molecule has 0 aromatic carbocycles. The zero-order valence-electron chi connectivity index (χ0n) is 16.5. The molecular weight excluding hydrogens is 391 g/mol. The molecule has 0 saturated carbocycles. The Morgan fingerprint density at radius 1 is 0.480 bits per heavy atom. The standard InChI is InChI=1S/C18H39O3PS3/c1-4-7-10-13-16-23-19-22(20-24-17-14-11-8-5-2)21-25-18-15-12-9-6-3/h4-18H2,1-3H3. The summed E-state index contributed by atoms with van der Waals surface area (Å²) in [5.41, 5.74) is 0. The maximum absolute atomic E-state index is 5.77. The highest BCUT2D eigenvalue weighted by Crippen LogP contribution is 2.50. The van der Waals surface area contributed by atoms with Gasteiger partial charge in [0.1, 0.15) is 0 Å². The molecule has 0 rings (SSSR count). The minimum absolute atomic E-state index is 1.02. The van der Waals surface area contributed by atoms with E-state index in [0.717, 1.165) is 17.3 Å². The molecule has 0 N–H and O–H groups in total. The second-order valence-corrected chi connectivity index (χ2v) is 10.3. The van der Waals surface area contributed by atoms with E-state index in [-0.39, 0.29) is 0 Å². The summed E-state index contributed by atoms with van der Waals surface area (Å²) >= 11 is 4.52. The third kappa shape index (κ3) is 21.5. The predicted octanol–water partition coefficient (Wildman–Crippen LogP) is 8.95. The maximum Gasteiger partial charge on any atom is 0.369 e. The van der Waals surface area contributed by atoms with Crippen molar-refractivity contribution in [1.82, 2.24) is 0 Å². The lowest BCUT2D eigenvalue weighted by atomic mass is 10.2. The zero-order valence-corrected chi connectivity index (χ0v) is 19.8. The first-order valence-electron chi connectivity index (χ1n) is 10.0. The van der Waals surface area contributed by atoms with Crippen molar-refractivity contribution in [2.24, 2.45) is 0 Å². The topological polar surface area (TPSA) is 27.7 Å². The van der Waals surface area contributed by atoms with Crippen molar-refractivity contribution in [3.05, 3.63) is 0 Å². The van der Waals surface area contributed by atoms with Gasteiger partial charge in [-0.1, -0.05) is 78.6 Å². The van der Waals surface area contributed by atoms with Gasteiger partial charge in [-0.15, -0.1) is 0 Å². The molecule has 0 saturated heterocycles. The summed E-state index contributed by atoms with van der Waals surface area (Å²) in [6.07, 6.45) is 15.2. The highest BCUT2D eigenvalue weighted by atomic mass is 32.2. The molecule has 0 amide bonds. The minimum Gasteiger partial charge on any atom is -0.239 e. The van der Waals surface area contributed by atoms with Crippen LogP contribution in [0.4, 0.5) is 0 Å². The summed E-state index contributed by atoms with van der Waals surface area (Å²) in [6, 6.07) is 0. The Kier molecular flexibility index (Phi) is 24.7. The van der Waals surface area contributed by atoms with Crippen LogP contribution in [0.5, 0.6) is 0 Å². The van der Waals surface area contributed by atoms with Crippen molar-refractivity contribution in [3.8, 4) is 0 Å². The Morgan fingerprint density at radius 3 is 1.08 bits per heavy atom. The lowest BCUT2D eigenvalue weighted by molar-refractivity contribution is 0.467. The van der Waals surface area contributed by atoms with Gasteiger partial charge in [0.15, 0.2) is 0 Å². The summed E-state index contributed by atoms with van der Waals surface area (Å²) in [6.45, 7) is 6.71. The van der Waals surface area contributed by atoms with Crippen molar-refractivity contribution < 1.29 is 11.9 Å². The fourth-order valence-electron chi connectivity index (χ4n) is 2.04. The summed E-state index contributed by atoms with van der Waals surface area (Å²) in [5.74, 6) is 3.07. The lowest BCUT2D eigenvalue weighted by Gasteiger charge is -2.13. The van der Waals surface area contributed by atoms with E-state index in [9.17, 15) is 0 Å². The van der Waals surface area contributed by atoms with Gasteiger partial charge in [0, 0.05) is 53.4 Å². The van der Waals surface area contributed by atoms with Gasteiger partial charge < -0.3 is 0 Å². The molecule has 0 bridgehead atoms. The highest BCUT2D eigenvalue weighted by molar-refractivity contribution is 8.03. The smallest absolute Gasteiger partial charge is 0.239 e. The number of unbranched alkanes of at least 4 members (excludes halogenated alkanes) is 9. The first kappa shape index (κ1) is 26.4. The van der Waals surface area contributed by atoms with Crippen LogP contribution in [0, 0.1) is 0 Å². The van der Waals surface area contributed by atoms with Crippen LogP contribution in [0.2, 0.25) is 0 Å². The van der Waals surface area contributed by atoms with E-state index in [4.69, 9.17) is 11.9 Å².